The van der Waals surface area contributed by atoms with Crippen LogP contribution in [-0.2, 0) is 0 Å². The summed E-state index contributed by atoms with van der Waals surface area (Å²) in [4.78, 5) is 23.7. The number of aryl methyl sites for hydroxylation is 1. The molecule has 2 aromatic heterocycles. The molecular formula is C23H35N7O. The molecule has 0 aliphatic heterocycles. The van der Waals surface area contributed by atoms with Gasteiger partial charge in [-0.05, 0) is 50.1 Å². The van der Waals surface area contributed by atoms with Gasteiger partial charge in [0.2, 0.25) is 0 Å². The third-order valence-corrected chi connectivity index (χ3v) is 4.81. The summed E-state index contributed by atoms with van der Waals surface area (Å²) in [5.74, 6) is 0.128. The molecule has 0 radical (unpaired) electrons. The Bertz CT molecular complexity index is 1030. The third kappa shape index (κ3) is 6.68. The van der Waals surface area contributed by atoms with Gasteiger partial charge in [0.1, 0.15) is 5.65 Å². The van der Waals surface area contributed by atoms with Crippen LogP contribution in [0.15, 0.2) is 46.3 Å². The van der Waals surface area contributed by atoms with E-state index in [0.717, 1.165) is 42.6 Å². The summed E-state index contributed by atoms with van der Waals surface area (Å²) in [6.45, 7) is 9.56. The van der Waals surface area contributed by atoms with Crippen molar-refractivity contribution in [1.82, 2.24) is 19.9 Å². The molecule has 8 nitrogen and oxygen atoms in total. The highest BCUT2D eigenvalue weighted by molar-refractivity contribution is 5.76. The van der Waals surface area contributed by atoms with Crippen molar-refractivity contribution < 1.29 is 0 Å². The number of hydrogen-bond acceptors (Lipinski definition) is 4. The molecule has 0 unspecified atom stereocenters. The van der Waals surface area contributed by atoms with Crippen LogP contribution in [0.4, 0.5) is 0 Å². The molecular weight excluding hydrogens is 390 g/mol. The molecule has 0 spiro atoms. The summed E-state index contributed by atoms with van der Waals surface area (Å²) in [5.41, 5.74) is 14.0. The topological polar surface area (TPSA) is 127 Å². The maximum absolute atomic E-state index is 12.4. The normalized spacial score (nSPS) is 11.6. The van der Waals surface area contributed by atoms with Crippen molar-refractivity contribution in [2.24, 2.45) is 16.5 Å². The Hall–Kier alpha value is -3.13. The first-order chi connectivity index (χ1) is 15.0. The fourth-order valence-corrected chi connectivity index (χ4v) is 3.42. The Morgan fingerprint density at radius 3 is 2.61 bits per heavy atom. The largest absolute Gasteiger partial charge is 0.370 e. The van der Waals surface area contributed by atoms with Crippen molar-refractivity contribution in [2.75, 3.05) is 13.1 Å². The fourth-order valence-electron chi connectivity index (χ4n) is 3.42. The molecule has 3 rings (SSSR count). The lowest BCUT2D eigenvalue weighted by atomic mass is 10.0. The molecule has 0 amide bonds. The number of guanidine groups is 1. The average Bonchev–Trinajstić information content (AvgIpc) is 3.12. The van der Waals surface area contributed by atoms with E-state index in [2.05, 4.69) is 39.3 Å². The van der Waals surface area contributed by atoms with Gasteiger partial charge < -0.3 is 21.8 Å². The molecule has 6 N–H and O–H groups in total. The summed E-state index contributed by atoms with van der Waals surface area (Å²) in [6.07, 6.45) is 4.79. The highest BCUT2D eigenvalue weighted by Crippen LogP contribution is 2.20. The first-order valence-corrected chi connectivity index (χ1v) is 11.0. The fraction of sp³-hybridized carbons (Fsp3) is 0.435. The number of nitrogens with two attached hydrogens (primary N) is 2. The van der Waals surface area contributed by atoms with E-state index in [4.69, 9.17) is 11.5 Å². The molecule has 31 heavy (non-hydrogen) atoms. The first-order valence-electron chi connectivity index (χ1n) is 11.0. The summed E-state index contributed by atoms with van der Waals surface area (Å²) in [7, 11) is 0. The minimum absolute atomic E-state index is 0.128. The van der Waals surface area contributed by atoms with Crippen LogP contribution in [0.5, 0.6) is 0 Å². The zero-order valence-corrected chi connectivity index (χ0v) is 19.0. The Morgan fingerprint density at radius 1 is 1.26 bits per heavy atom. The van der Waals surface area contributed by atoms with Crippen LogP contribution >= 0.6 is 0 Å². The molecule has 0 aliphatic rings. The summed E-state index contributed by atoms with van der Waals surface area (Å²) in [6, 6.07) is 10.3. The number of fused-ring (bicyclic) bond motifs is 1. The second kappa shape index (κ2) is 11.9. The Morgan fingerprint density at radius 2 is 1.97 bits per heavy atom. The van der Waals surface area contributed by atoms with E-state index < -0.39 is 0 Å². The first kappa shape index (κ1) is 24.1. The number of aliphatic imine (C=N–C) groups is 1. The number of nitrogens with one attached hydrogen (secondary N) is 2. The van der Waals surface area contributed by atoms with E-state index in [9.17, 15) is 4.79 Å². The van der Waals surface area contributed by atoms with Gasteiger partial charge in [0.15, 0.2) is 5.96 Å². The number of benzene rings is 1. The molecule has 1 atom stereocenters. The summed E-state index contributed by atoms with van der Waals surface area (Å²) < 4.78 is 1.58. The van der Waals surface area contributed by atoms with E-state index >= 15 is 0 Å². The zero-order chi connectivity index (χ0) is 22.8. The predicted molar refractivity (Wildman–Crippen MR) is 129 cm³/mol. The molecule has 0 saturated carbocycles. The van der Waals surface area contributed by atoms with E-state index in [1.54, 1.807) is 4.57 Å². The second-order valence-corrected chi connectivity index (χ2v) is 7.20. The van der Waals surface area contributed by atoms with Gasteiger partial charge in [-0.1, -0.05) is 39.3 Å². The molecule has 2 heterocycles. The van der Waals surface area contributed by atoms with Gasteiger partial charge in [0, 0.05) is 29.9 Å². The van der Waals surface area contributed by atoms with Gasteiger partial charge >= 0.3 is 5.69 Å². The van der Waals surface area contributed by atoms with Crippen molar-refractivity contribution in [2.45, 2.75) is 53.0 Å². The molecule has 0 aliphatic carbocycles. The number of nitrogens with zero attached hydrogens (tertiary/aromatic N) is 3. The maximum atomic E-state index is 12.4. The van der Waals surface area contributed by atoms with Crippen LogP contribution in [0.3, 0.4) is 0 Å². The third-order valence-electron chi connectivity index (χ3n) is 4.81. The minimum atomic E-state index is -0.296. The SMILES string of the molecule is CC.CCC[C@H](NCCCN=C(N)N)c1ccc(-n2cc3cc(C)[nH]c3nc2=O)cc1. The van der Waals surface area contributed by atoms with E-state index in [0.29, 0.717) is 12.2 Å². The van der Waals surface area contributed by atoms with E-state index in [-0.39, 0.29) is 17.7 Å². The maximum Gasteiger partial charge on any atom is 0.354 e. The molecule has 0 bridgehead atoms. The van der Waals surface area contributed by atoms with Crippen molar-refractivity contribution in [3.63, 3.8) is 0 Å². The standard InChI is InChI=1S/C21H29N7O.C2H6/c1-3-5-18(24-10-4-11-25-20(22)23)15-6-8-17(9-7-15)28-13-16-12-14(2)26-19(16)27-21(28)29;1-2/h6-9,12-13,18,24H,3-5,10-11H2,1-2H3,(H4,22,23,25)(H,26,27,29);1-2H3/t18-;/m0./s1. The lowest BCUT2D eigenvalue weighted by Crippen LogP contribution is -2.25. The average molecular weight is 426 g/mol. The minimum Gasteiger partial charge on any atom is -0.370 e. The van der Waals surface area contributed by atoms with E-state index in [1.165, 1.54) is 5.56 Å². The van der Waals surface area contributed by atoms with Crippen LogP contribution in [0, 0.1) is 6.92 Å². The van der Waals surface area contributed by atoms with Crippen LogP contribution < -0.4 is 22.5 Å². The number of aromatic nitrogens is 3. The summed E-state index contributed by atoms with van der Waals surface area (Å²) >= 11 is 0. The van der Waals surface area contributed by atoms with Gasteiger partial charge in [-0.25, -0.2) is 4.79 Å². The van der Waals surface area contributed by atoms with Crippen molar-refractivity contribution in [3.8, 4) is 5.69 Å². The Kier molecular flexibility index (Phi) is 9.27. The number of hydrogen-bond donors (Lipinski definition) is 4. The summed E-state index contributed by atoms with van der Waals surface area (Å²) in [5, 5.41) is 4.49. The molecule has 1 aromatic carbocycles. The molecule has 3 aromatic rings. The predicted octanol–water partition coefficient (Wildman–Crippen LogP) is 3.14. The van der Waals surface area contributed by atoms with Crippen LogP contribution in [0.2, 0.25) is 0 Å². The Labute approximate surface area is 183 Å². The van der Waals surface area contributed by atoms with Crippen molar-refractivity contribution >= 4 is 17.0 Å². The van der Waals surface area contributed by atoms with Crippen LogP contribution in [-0.4, -0.2) is 33.6 Å². The quantitative estimate of drug-likeness (QED) is 0.238. The molecule has 0 fully saturated rings. The molecule has 168 valence electrons. The Balaban J connectivity index is 0.00000166. The van der Waals surface area contributed by atoms with E-state index in [1.807, 2.05) is 45.2 Å². The van der Waals surface area contributed by atoms with Crippen LogP contribution in [0.25, 0.3) is 16.7 Å². The number of aromatic amines is 1. The van der Waals surface area contributed by atoms with Gasteiger partial charge in [-0.3, -0.25) is 9.56 Å². The van der Waals surface area contributed by atoms with Crippen molar-refractivity contribution in [3.05, 3.63) is 58.3 Å². The number of rotatable bonds is 9. The highest BCUT2D eigenvalue weighted by atomic mass is 16.1. The zero-order valence-electron chi connectivity index (χ0n) is 19.0. The van der Waals surface area contributed by atoms with Gasteiger partial charge in [0.05, 0.1) is 5.69 Å². The monoisotopic (exact) mass is 425 g/mol. The lowest BCUT2D eigenvalue weighted by molar-refractivity contribution is 0.490. The second-order valence-electron chi connectivity index (χ2n) is 7.20. The van der Waals surface area contributed by atoms with Gasteiger partial charge in [-0.15, -0.1) is 0 Å². The van der Waals surface area contributed by atoms with Gasteiger partial charge in [-0.2, -0.15) is 4.98 Å². The lowest BCUT2D eigenvalue weighted by Gasteiger charge is -2.19. The van der Waals surface area contributed by atoms with Gasteiger partial charge in [0.25, 0.3) is 0 Å². The highest BCUT2D eigenvalue weighted by Gasteiger charge is 2.11. The number of H-pyrrole nitrogens is 1. The van der Waals surface area contributed by atoms with Crippen molar-refractivity contribution in [1.29, 1.82) is 0 Å². The van der Waals surface area contributed by atoms with Crippen LogP contribution in [0.1, 0.15) is 57.3 Å². The molecule has 0 saturated heterocycles. The smallest absolute Gasteiger partial charge is 0.354 e. The molecule has 8 heteroatoms.